The first-order chi connectivity index (χ1) is 6.79. The third-order valence-corrected chi connectivity index (χ3v) is 1.95. The molecule has 0 aliphatic heterocycles. The van der Waals surface area contributed by atoms with E-state index in [-0.39, 0.29) is 0 Å². The molecule has 0 saturated heterocycles. The fraction of sp³-hybridized carbons (Fsp3) is 0. The maximum absolute atomic E-state index is 13.3. The van der Waals surface area contributed by atoms with Crippen LogP contribution < -0.4 is 5.73 Å². The Morgan fingerprint density at radius 3 is 2.86 bits per heavy atom. The van der Waals surface area contributed by atoms with E-state index in [0.717, 1.165) is 0 Å². The van der Waals surface area contributed by atoms with E-state index in [4.69, 9.17) is 5.73 Å². The van der Waals surface area contributed by atoms with Crippen molar-refractivity contribution in [2.75, 3.05) is 5.73 Å². The summed E-state index contributed by atoms with van der Waals surface area (Å²) in [6, 6.07) is 11.2. The summed E-state index contributed by atoms with van der Waals surface area (Å²) in [6.07, 6.45) is 1.40. The largest absolute Gasteiger partial charge is 0.398 e. The highest BCUT2D eigenvalue weighted by Crippen LogP contribution is 2.26. The molecule has 0 unspecified atom stereocenters. The highest BCUT2D eigenvalue weighted by atomic mass is 19.1. The zero-order chi connectivity index (χ0) is 9.97. The van der Waals surface area contributed by atoms with Gasteiger partial charge in [0.15, 0.2) is 0 Å². The molecule has 2 nitrogen and oxygen atoms in total. The first-order valence-electron chi connectivity index (χ1n) is 4.15. The van der Waals surface area contributed by atoms with Gasteiger partial charge < -0.3 is 5.73 Å². The Labute approximate surface area is 81.2 Å². The third kappa shape index (κ3) is 1.44. The predicted octanol–water partition coefficient (Wildman–Crippen LogP) is 2.27. The number of rotatable bonds is 1. The maximum atomic E-state index is 13.3. The standard InChI is InChI=1S/C11H8FN2/c12-11-9(5-3-7-14-11)8-4-1-2-6-10(8)13/h2-7H,13H2. The monoisotopic (exact) mass is 187 g/mol. The zero-order valence-corrected chi connectivity index (χ0v) is 7.37. The van der Waals surface area contributed by atoms with Gasteiger partial charge in [0.2, 0.25) is 5.95 Å². The van der Waals surface area contributed by atoms with Crippen LogP contribution in [0.25, 0.3) is 11.1 Å². The smallest absolute Gasteiger partial charge is 0.220 e. The highest BCUT2D eigenvalue weighted by Gasteiger charge is 2.07. The highest BCUT2D eigenvalue weighted by molar-refractivity contribution is 5.75. The number of nitrogens with two attached hydrogens (primary N) is 1. The van der Waals surface area contributed by atoms with Crippen molar-refractivity contribution >= 4 is 5.69 Å². The van der Waals surface area contributed by atoms with Gasteiger partial charge in [-0.1, -0.05) is 6.07 Å². The van der Waals surface area contributed by atoms with Gasteiger partial charge in [-0.3, -0.25) is 0 Å². The van der Waals surface area contributed by atoms with E-state index in [1.807, 2.05) is 0 Å². The number of aromatic nitrogens is 1. The molecular weight excluding hydrogens is 179 g/mol. The first kappa shape index (κ1) is 8.69. The molecule has 3 heteroatoms. The first-order valence-corrected chi connectivity index (χ1v) is 4.15. The molecule has 2 N–H and O–H groups in total. The van der Waals surface area contributed by atoms with Crippen molar-refractivity contribution in [1.29, 1.82) is 0 Å². The van der Waals surface area contributed by atoms with Crippen molar-refractivity contribution in [3.63, 3.8) is 0 Å². The maximum Gasteiger partial charge on any atom is 0.220 e. The van der Waals surface area contributed by atoms with E-state index in [0.29, 0.717) is 16.8 Å². The molecule has 0 aliphatic carbocycles. The van der Waals surface area contributed by atoms with Crippen molar-refractivity contribution in [2.45, 2.75) is 0 Å². The number of benzene rings is 1. The van der Waals surface area contributed by atoms with E-state index in [9.17, 15) is 4.39 Å². The van der Waals surface area contributed by atoms with Gasteiger partial charge in [0.05, 0.1) is 0 Å². The zero-order valence-electron chi connectivity index (χ0n) is 7.37. The topological polar surface area (TPSA) is 38.9 Å². The molecule has 1 aromatic carbocycles. The third-order valence-electron chi connectivity index (χ3n) is 1.95. The minimum Gasteiger partial charge on any atom is -0.398 e. The summed E-state index contributed by atoms with van der Waals surface area (Å²) in [4.78, 5) is 3.56. The lowest BCUT2D eigenvalue weighted by Gasteiger charge is -2.04. The van der Waals surface area contributed by atoms with E-state index in [2.05, 4.69) is 11.1 Å². The van der Waals surface area contributed by atoms with Crippen molar-refractivity contribution in [2.24, 2.45) is 0 Å². The average molecular weight is 187 g/mol. The van der Waals surface area contributed by atoms with Gasteiger partial charge >= 0.3 is 0 Å². The second-order valence-corrected chi connectivity index (χ2v) is 2.86. The molecule has 2 aromatic rings. The van der Waals surface area contributed by atoms with Gasteiger partial charge in [-0.05, 0) is 30.3 Å². The summed E-state index contributed by atoms with van der Waals surface area (Å²) in [7, 11) is 0. The van der Waals surface area contributed by atoms with Crippen LogP contribution in [0.3, 0.4) is 0 Å². The summed E-state index contributed by atoms with van der Waals surface area (Å²) in [5, 5.41) is 0. The number of nitrogen functional groups attached to an aromatic ring is 1. The van der Waals surface area contributed by atoms with Gasteiger partial charge in [-0.25, -0.2) is 4.98 Å². The fourth-order valence-corrected chi connectivity index (χ4v) is 1.26. The number of anilines is 1. The Morgan fingerprint density at radius 2 is 2.14 bits per heavy atom. The molecule has 0 fully saturated rings. The Bertz CT molecular complexity index is 411. The SMILES string of the molecule is Nc1cc[c]cc1-c1cccnc1F. The summed E-state index contributed by atoms with van der Waals surface area (Å²) in [6.45, 7) is 0. The molecule has 2 rings (SSSR count). The molecule has 0 saturated carbocycles. The summed E-state index contributed by atoms with van der Waals surface area (Å²) in [5.41, 5.74) is 7.26. The van der Waals surface area contributed by atoms with Crippen LogP contribution in [0, 0.1) is 12.0 Å². The lowest BCUT2D eigenvalue weighted by atomic mass is 10.1. The molecule has 14 heavy (non-hydrogen) atoms. The van der Waals surface area contributed by atoms with Gasteiger partial charge in [0.1, 0.15) is 0 Å². The van der Waals surface area contributed by atoms with Crippen LogP contribution in [0.15, 0.2) is 36.5 Å². The second-order valence-electron chi connectivity index (χ2n) is 2.86. The van der Waals surface area contributed by atoms with Crippen LogP contribution in [0.2, 0.25) is 0 Å². The van der Waals surface area contributed by atoms with Crippen LogP contribution in [0.1, 0.15) is 0 Å². The molecule has 1 aromatic heterocycles. The van der Waals surface area contributed by atoms with Gasteiger partial charge in [-0.2, -0.15) is 4.39 Å². The van der Waals surface area contributed by atoms with Gasteiger partial charge in [-0.15, -0.1) is 0 Å². The van der Waals surface area contributed by atoms with Crippen molar-refractivity contribution in [3.8, 4) is 11.1 Å². The summed E-state index contributed by atoms with van der Waals surface area (Å²) >= 11 is 0. The van der Waals surface area contributed by atoms with E-state index >= 15 is 0 Å². The van der Waals surface area contributed by atoms with Crippen LogP contribution in [0.4, 0.5) is 10.1 Å². The number of hydrogen-bond donors (Lipinski definition) is 1. The molecule has 0 spiro atoms. The molecule has 0 aliphatic rings. The summed E-state index contributed by atoms with van der Waals surface area (Å²) < 4.78 is 13.3. The fourth-order valence-electron chi connectivity index (χ4n) is 1.26. The molecule has 0 bridgehead atoms. The second kappa shape index (κ2) is 3.46. The van der Waals surface area contributed by atoms with Crippen molar-refractivity contribution < 1.29 is 4.39 Å². The lowest BCUT2D eigenvalue weighted by molar-refractivity contribution is 0.587. The Kier molecular flexibility index (Phi) is 2.14. The number of pyridine rings is 1. The predicted molar refractivity (Wildman–Crippen MR) is 52.9 cm³/mol. The minimum atomic E-state index is -0.515. The molecule has 1 radical (unpaired) electrons. The van der Waals surface area contributed by atoms with Crippen molar-refractivity contribution in [1.82, 2.24) is 4.98 Å². The Morgan fingerprint density at radius 1 is 1.29 bits per heavy atom. The number of nitrogens with zero attached hydrogens (tertiary/aromatic N) is 1. The molecule has 69 valence electrons. The average Bonchev–Trinajstić information content (AvgIpc) is 2.20. The summed E-state index contributed by atoms with van der Waals surface area (Å²) in [5.74, 6) is -0.515. The van der Waals surface area contributed by atoms with Crippen LogP contribution in [-0.4, -0.2) is 4.98 Å². The normalized spacial score (nSPS) is 10.1. The van der Waals surface area contributed by atoms with E-state index < -0.39 is 5.95 Å². The number of halogens is 1. The minimum absolute atomic E-state index is 0.404. The lowest BCUT2D eigenvalue weighted by Crippen LogP contribution is -1.93. The van der Waals surface area contributed by atoms with Gasteiger partial charge in [0, 0.05) is 23.0 Å². The number of hydrogen-bond acceptors (Lipinski definition) is 2. The van der Waals surface area contributed by atoms with E-state index in [1.165, 1.54) is 6.20 Å². The molecular formula is C11H8FN2. The molecule has 1 heterocycles. The van der Waals surface area contributed by atoms with Crippen molar-refractivity contribution in [3.05, 3.63) is 48.5 Å². The van der Waals surface area contributed by atoms with Crippen LogP contribution in [-0.2, 0) is 0 Å². The van der Waals surface area contributed by atoms with Crippen LogP contribution in [0.5, 0.6) is 0 Å². The quantitative estimate of drug-likeness (QED) is 0.549. The Hall–Kier alpha value is -1.90. The molecule has 0 atom stereocenters. The van der Waals surface area contributed by atoms with Crippen LogP contribution >= 0.6 is 0 Å². The van der Waals surface area contributed by atoms with Gasteiger partial charge in [0.25, 0.3) is 0 Å². The van der Waals surface area contributed by atoms with E-state index in [1.54, 1.807) is 30.3 Å². The Balaban J connectivity index is 2.61. The molecule has 0 amide bonds.